The topological polar surface area (TPSA) is 62.1 Å². The number of carbonyl (C=O) groups is 1. The summed E-state index contributed by atoms with van der Waals surface area (Å²) in [5.41, 5.74) is 8.40. The van der Waals surface area contributed by atoms with Crippen LogP contribution in [0.4, 0.5) is 0 Å². The molecule has 3 N–H and O–H groups in total. The molecule has 0 spiro atoms. The lowest BCUT2D eigenvalue weighted by molar-refractivity contribution is -0.132. The summed E-state index contributed by atoms with van der Waals surface area (Å²) >= 11 is 0. The second-order valence-electron chi connectivity index (χ2n) is 5.91. The normalized spacial score (nSPS) is 17.7. The van der Waals surface area contributed by atoms with Crippen LogP contribution >= 0.6 is 0 Å². The molecular weight excluding hydrogens is 262 g/mol. The standard InChI is InChI=1S/C17H23N3O/c18-15(17(21)20-9-5-1-2-6-10-20)11-13-12-19-16-8-4-3-7-14(13)16/h3-4,7-8,12,15,19H,1-2,5-6,9-11,18H2/t15-/m0/s1. The van der Waals surface area contributed by atoms with Gasteiger partial charge in [0.2, 0.25) is 5.91 Å². The summed E-state index contributed by atoms with van der Waals surface area (Å²) in [7, 11) is 0. The number of nitrogens with zero attached hydrogens (tertiary/aromatic N) is 1. The molecule has 1 saturated heterocycles. The minimum absolute atomic E-state index is 0.0992. The summed E-state index contributed by atoms with van der Waals surface area (Å²) in [6.07, 6.45) is 7.22. The number of nitrogens with two attached hydrogens (primary N) is 1. The zero-order valence-electron chi connectivity index (χ0n) is 12.3. The van der Waals surface area contributed by atoms with Gasteiger partial charge in [-0.15, -0.1) is 0 Å². The van der Waals surface area contributed by atoms with E-state index in [0.29, 0.717) is 6.42 Å². The minimum atomic E-state index is -0.442. The molecule has 112 valence electrons. The van der Waals surface area contributed by atoms with Gasteiger partial charge >= 0.3 is 0 Å². The summed E-state index contributed by atoms with van der Waals surface area (Å²) in [5.74, 6) is 0.0992. The van der Waals surface area contributed by atoms with Crippen molar-refractivity contribution in [3.05, 3.63) is 36.0 Å². The van der Waals surface area contributed by atoms with E-state index in [4.69, 9.17) is 5.73 Å². The lowest BCUT2D eigenvalue weighted by atomic mass is 10.0. The predicted octanol–water partition coefficient (Wildman–Crippen LogP) is 2.44. The molecule has 2 heterocycles. The van der Waals surface area contributed by atoms with Crippen LogP contribution in [-0.2, 0) is 11.2 Å². The van der Waals surface area contributed by atoms with Crippen molar-refractivity contribution < 1.29 is 4.79 Å². The SMILES string of the molecule is N[C@@H](Cc1c[nH]c2ccccc12)C(=O)N1CCCCCC1. The van der Waals surface area contributed by atoms with Crippen molar-refractivity contribution in [2.24, 2.45) is 5.73 Å². The van der Waals surface area contributed by atoms with Gasteiger partial charge in [-0.1, -0.05) is 31.0 Å². The number of amides is 1. The predicted molar refractivity (Wildman–Crippen MR) is 85.0 cm³/mol. The second kappa shape index (κ2) is 6.31. The molecule has 4 nitrogen and oxygen atoms in total. The molecule has 1 aliphatic rings. The first-order valence-electron chi connectivity index (χ1n) is 7.85. The van der Waals surface area contributed by atoms with E-state index in [1.54, 1.807) is 0 Å². The van der Waals surface area contributed by atoms with Crippen molar-refractivity contribution >= 4 is 16.8 Å². The lowest BCUT2D eigenvalue weighted by Gasteiger charge is -2.23. The quantitative estimate of drug-likeness (QED) is 0.910. The molecule has 0 aliphatic carbocycles. The highest BCUT2D eigenvalue weighted by Crippen LogP contribution is 2.19. The number of H-pyrrole nitrogens is 1. The van der Waals surface area contributed by atoms with Gasteiger partial charge < -0.3 is 15.6 Å². The zero-order valence-corrected chi connectivity index (χ0v) is 12.3. The Balaban J connectivity index is 1.70. The van der Waals surface area contributed by atoms with E-state index in [2.05, 4.69) is 11.1 Å². The summed E-state index contributed by atoms with van der Waals surface area (Å²) < 4.78 is 0. The molecule has 3 rings (SSSR count). The number of hydrogen-bond donors (Lipinski definition) is 2. The summed E-state index contributed by atoms with van der Waals surface area (Å²) in [4.78, 5) is 17.7. The molecule has 1 aromatic carbocycles. The molecule has 1 fully saturated rings. The molecule has 1 amide bonds. The van der Waals surface area contributed by atoms with E-state index in [9.17, 15) is 4.79 Å². The maximum absolute atomic E-state index is 12.5. The van der Waals surface area contributed by atoms with Gasteiger partial charge in [-0.05, 0) is 30.9 Å². The Morgan fingerprint density at radius 2 is 1.90 bits per heavy atom. The minimum Gasteiger partial charge on any atom is -0.361 e. The number of likely N-dealkylation sites (tertiary alicyclic amines) is 1. The van der Waals surface area contributed by atoms with Crippen LogP contribution in [0.1, 0.15) is 31.2 Å². The maximum Gasteiger partial charge on any atom is 0.239 e. The van der Waals surface area contributed by atoms with Crippen LogP contribution in [0, 0.1) is 0 Å². The number of nitrogens with one attached hydrogen (secondary N) is 1. The fraction of sp³-hybridized carbons (Fsp3) is 0.471. The first-order valence-corrected chi connectivity index (χ1v) is 7.85. The van der Waals surface area contributed by atoms with Gasteiger partial charge in [-0.25, -0.2) is 0 Å². The molecule has 4 heteroatoms. The van der Waals surface area contributed by atoms with Crippen molar-refractivity contribution in [2.45, 2.75) is 38.1 Å². The third-order valence-electron chi connectivity index (χ3n) is 4.35. The average molecular weight is 285 g/mol. The van der Waals surface area contributed by atoms with Gasteiger partial charge in [0.1, 0.15) is 0 Å². The van der Waals surface area contributed by atoms with Gasteiger partial charge in [0.15, 0.2) is 0 Å². The van der Waals surface area contributed by atoms with Crippen LogP contribution in [0.25, 0.3) is 10.9 Å². The lowest BCUT2D eigenvalue weighted by Crippen LogP contribution is -2.45. The molecule has 0 radical (unpaired) electrons. The first kappa shape index (κ1) is 14.1. The number of fused-ring (bicyclic) bond motifs is 1. The molecular formula is C17H23N3O. The number of hydrogen-bond acceptors (Lipinski definition) is 2. The molecule has 1 aliphatic heterocycles. The second-order valence-corrected chi connectivity index (χ2v) is 5.91. The molecule has 0 unspecified atom stereocenters. The van der Waals surface area contributed by atoms with Gasteiger partial charge in [0.25, 0.3) is 0 Å². The van der Waals surface area contributed by atoms with Gasteiger partial charge in [-0.2, -0.15) is 0 Å². The number of benzene rings is 1. The smallest absolute Gasteiger partial charge is 0.239 e. The Hall–Kier alpha value is -1.81. The Morgan fingerprint density at radius 3 is 2.67 bits per heavy atom. The fourth-order valence-electron chi connectivity index (χ4n) is 3.15. The number of aromatic nitrogens is 1. The Kier molecular flexibility index (Phi) is 4.25. The highest BCUT2D eigenvalue weighted by atomic mass is 16.2. The van der Waals surface area contributed by atoms with E-state index >= 15 is 0 Å². The van der Waals surface area contributed by atoms with Gasteiger partial charge in [-0.3, -0.25) is 4.79 Å². The van der Waals surface area contributed by atoms with Crippen molar-refractivity contribution in [1.29, 1.82) is 0 Å². The monoisotopic (exact) mass is 285 g/mol. The molecule has 0 saturated carbocycles. The van der Waals surface area contributed by atoms with Crippen molar-refractivity contribution in [3.8, 4) is 0 Å². The number of para-hydroxylation sites is 1. The van der Waals surface area contributed by atoms with E-state index < -0.39 is 6.04 Å². The highest BCUT2D eigenvalue weighted by Gasteiger charge is 2.22. The largest absolute Gasteiger partial charge is 0.361 e. The van der Waals surface area contributed by atoms with Crippen molar-refractivity contribution in [2.75, 3.05) is 13.1 Å². The number of aromatic amines is 1. The van der Waals surface area contributed by atoms with E-state index in [1.807, 2.05) is 29.3 Å². The molecule has 21 heavy (non-hydrogen) atoms. The highest BCUT2D eigenvalue weighted by molar-refractivity contribution is 5.86. The number of rotatable bonds is 3. The Bertz CT molecular complexity index is 611. The van der Waals surface area contributed by atoms with Crippen LogP contribution in [0.5, 0.6) is 0 Å². The maximum atomic E-state index is 12.5. The Morgan fingerprint density at radius 1 is 1.19 bits per heavy atom. The summed E-state index contributed by atoms with van der Waals surface area (Å²) in [5, 5.41) is 1.16. The van der Waals surface area contributed by atoms with Crippen LogP contribution in [0.3, 0.4) is 0 Å². The van der Waals surface area contributed by atoms with Crippen molar-refractivity contribution in [1.82, 2.24) is 9.88 Å². The first-order chi connectivity index (χ1) is 10.3. The van der Waals surface area contributed by atoms with Crippen LogP contribution in [0.2, 0.25) is 0 Å². The van der Waals surface area contributed by atoms with E-state index in [0.717, 1.165) is 42.4 Å². The van der Waals surface area contributed by atoms with E-state index in [-0.39, 0.29) is 5.91 Å². The molecule has 0 bridgehead atoms. The summed E-state index contributed by atoms with van der Waals surface area (Å²) in [6.45, 7) is 1.72. The average Bonchev–Trinajstić information content (AvgIpc) is 2.74. The molecule has 1 atom stereocenters. The van der Waals surface area contributed by atoms with Crippen LogP contribution in [-0.4, -0.2) is 34.9 Å². The zero-order chi connectivity index (χ0) is 14.7. The van der Waals surface area contributed by atoms with E-state index in [1.165, 1.54) is 12.8 Å². The van der Waals surface area contributed by atoms with Crippen LogP contribution in [0.15, 0.2) is 30.5 Å². The fourth-order valence-corrected chi connectivity index (χ4v) is 3.15. The summed E-state index contributed by atoms with van der Waals surface area (Å²) in [6, 6.07) is 7.69. The van der Waals surface area contributed by atoms with Crippen LogP contribution < -0.4 is 5.73 Å². The van der Waals surface area contributed by atoms with Gasteiger partial charge in [0.05, 0.1) is 6.04 Å². The van der Waals surface area contributed by atoms with Crippen molar-refractivity contribution in [3.63, 3.8) is 0 Å². The molecule has 1 aromatic heterocycles. The number of carbonyl (C=O) groups excluding carboxylic acids is 1. The third kappa shape index (κ3) is 3.10. The van der Waals surface area contributed by atoms with Gasteiger partial charge in [0, 0.05) is 30.2 Å². The Labute approximate surface area is 125 Å². The molecule has 2 aromatic rings. The third-order valence-corrected chi connectivity index (χ3v) is 4.35.